The van der Waals surface area contributed by atoms with Crippen molar-refractivity contribution in [3.8, 4) is 11.5 Å². The molecule has 0 unspecified atom stereocenters. The van der Waals surface area contributed by atoms with Crippen molar-refractivity contribution in [3.05, 3.63) is 48.5 Å². The van der Waals surface area contributed by atoms with E-state index in [1.165, 1.54) is 0 Å². The predicted molar refractivity (Wildman–Crippen MR) is 72.6 cm³/mol. The lowest BCUT2D eigenvalue weighted by Gasteiger charge is -2.07. The van der Waals surface area contributed by atoms with Crippen molar-refractivity contribution in [2.45, 2.75) is 6.92 Å². The monoisotopic (exact) mass is 242 g/mol. The second kappa shape index (κ2) is 5.23. The lowest BCUT2D eigenvalue weighted by atomic mass is 10.3. The molecule has 0 saturated carbocycles. The van der Waals surface area contributed by atoms with Crippen molar-refractivity contribution in [3.63, 3.8) is 0 Å². The number of anilines is 1. The zero-order chi connectivity index (χ0) is 13.0. The molecule has 4 heteroatoms. The number of phenolic OH excluding ortho intramolecular Hbond substituents is 2. The van der Waals surface area contributed by atoms with Gasteiger partial charge in [0.2, 0.25) is 0 Å². The van der Waals surface area contributed by atoms with Crippen LogP contribution in [0.2, 0.25) is 0 Å². The maximum absolute atomic E-state index is 9.61. The highest BCUT2D eigenvalue weighted by atomic mass is 16.3. The van der Waals surface area contributed by atoms with Crippen LogP contribution in [-0.2, 0) is 0 Å². The normalized spacial score (nSPS) is 11.3. The molecule has 3 N–H and O–H groups in total. The molecule has 0 atom stereocenters. The molecule has 0 saturated heterocycles. The van der Waals surface area contributed by atoms with Crippen LogP contribution in [0.3, 0.4) is 0 Å². The molecule has 0 bridgehead atoms. The zero-order valence-corrected chi connectivity index (χ0v) is 9.96. The van der Waals surface area contributed by atoms with E-state index < -0.39 is 0 Å². The third kappa shape index (κ3) is 2.79. The van der Waals surface area contributed by atoms with Gasteiger partial charge in [-0.1, -0.05) is 24.3 Å². The molecule has 0 spiro atoms. The Kier molecular flexibility index (Phi) is 3.48. The van der Waals surface area contributed by atoms with Crippen LogP contribution in [0.5, 0.6) is 11.5 Å². The number of nitrogens with one attached hydrogen (secondary N) is 1. The van der Waals surface area contributed by atoms with Gasteiger partial charge in [0.15, 0.2) is 0 Å². The largest absolute Gasteiger partial charge is 0.506 e. The van der Waals surface area contributed by atoms with Gasteiger partial charge in [0, 0.05) is 0 Å². The first-order chi connectivity index (χ1) is 8.66. The number of hydrogen-bond acceptors (Lipinski definition) is 3. The van der Waals surface area contributed by atoms with Crippen molar-refractivity contribution in [1.82, 2.24) is 0 Å². The van der Waals surface area contributed by atoms with E-state index in [-0.39, 0.29) is 11.5 Å². The van der Waals surface area contributed by atoms with Crippen LogP contribution in [0.1, 0.15) is 6.92 Å². The molecule has 92 valence electrons. The summed E-state index contributed by atoms with van der Waals surface area (Å²) in [5.74, 6) is 0.860. The summed E-state index contributed by atoms with van der Waals surface area (Å²) in [7, 11) is 0. The summed E-state index contributed by atoms with van der Waals surface area (Å²) in [5, 5.41) is 22.2. The zero-order valence-electron chi connectivity index (χ0n) is 9.96. The van der Waals surface area contributed by atoms with Crippen LogP contribution in [0.25, 0.3) is 0 Å². The van der Waals surface area contributed by atoms with Gasteiger partial charge < -0.3 is 15.5 Å². The molecule has 0 aliphatic heterocycles. The average molecular weight is 242 g/mol. The highest BCUT2D eigenvalue weighted by Gasteiger charge is 2.01. The third-order valence-electron chi connectivity index (χ3n) is 2.39. The van der Waals surface area contributed by atoms with Crippen LogP contribution in [0.15, 0.2) is 53.5 Å². The van der Waals surface area contributed by atoms with Crippen LogP contribution in [-0.4, -0.2) is 16.0 Å². The van der Waals surface area contributed by atoms with Crippen molar-refractivity contribution in [2.75, 3.05) is 5.32 Å². The van der Waals surface area contributed by atoms with Crippen molar-refractivity contribution in [1.29, 1.82) is 0 Å². The van der Waals surface area contributed by atoms with Gasteiger partial charge in [-0.15, -0.1) is 0 Å². The van der Waals surface area contributed by atoms with Gasteiger partial charge in [-0.25, -0.2) is 4.99 Å². The number of amidine groups is 1. The predicted octanol–water partition coefficient (Wildman–Crippen LogP) is 3.26. The maximum Gasteiger partial charge on any atom is 0.141 e. The summed E-state index contributed by atoms with van der Waals surface area (Å²) in [6.07, 6.45) is 0. The number of nitrogens with zero attached hydrogens (tertiary/aromatic N) is 1. The van der Waals surface area contributed by atoms with E-state index in [2.05, 4.69) is 10.3 Å². The Morgan fingerprint density at radius 3 is 2.22 bits per heavy atom. The SMILES string of the molecule is C/C(=N\c1ccccc1O)Nc1ccccc1O. The molecule has 0 aromatic heterocycles. The first kappa shape index (κ1) is 12.0. The lowest BCUT2D eigenvalue weighted by Crippen LogP contribution is -2.06. The second-order valence-corrected chi connectivity index (χ2v) is 3.83. The number of aliphatic imine (C=N–C) groups is 1. The van der Waals surface area contributed by atoms with E-state index >= 15 is 0 Å². The Morgan fingerprint density at radius 1 is 0.944 bits per heavy atom. The molecule has 0 fully saturated rings. The second-order valence-electron chi connectivity index (χ2n) is 3.83. The molecule has 0 heterocycles. The average Bonchev–Trinajstić information content (AvgIpc) is 2.35. The van der Waals surface area contributed by atoms with E-state index in [1.54, 1.807) is 49.4 Å². The van der Waals surface area contributed by atoms with Crippen molar-refractivity contribution in [2.24, 2.45) is 4.99 Å². The van der Waals surface area contributed by atoms with E-state index in [0.29, 0.717) is 17.2 Å². The Labute approximate surface area is 105 Å². The third-order valence-corrected chi connectivity index (χ3v) is 2.39. The van der Waals surface area contributed by atoms with Gasteiger partial charge >= 0.3 is 0 Å². The molecule has 2 aromatic carbocycles. The first-order valence-electron chi connectivity index (χ1n) is 5.55. The van der Waals surface area contributed by atoms with E-state index in [0.717, 1.165) is 0 Å². The molecule has 2 rings (SSSR count). The Bertz CT molecular complexity index is 580. The van der Waals surface area contributed by atoms with Crippen LogP contribution >= 0.6 is 0 Å². The summed E-state index contributed by atoms with van der Waals surface area (Å²) in [6, 6.07) is 13.7. The molecule has 18 heavy (non-hydrogen) atoms. The fourth-order valence-corrected chi connectivity index (χ4v) is 1.54. The molecular formula is C14H14N2O2. The minimum absolute atomic E-state index is 0.121. The molecule has 4 nitrogen and oxygen atoms in total. The van der Waals surface area contributed by atoms with Crippen LogP contribution < -0.4 is 5.32 Å². The maximum atomic E-state index is 9.61. The smallest absolute Gasteiger partial charge is 0.141 e. The summed E-state index contributed by atoms with van der Waals surface area (Å²) in [6.45, 7) is 1.76. The molecule has 0 amide bonds. The highest BCUT2D eigenvalue weighted by molar-refractivity contribution is 5.96. The summed E-state index contributed by atoms with van der Waals surface area (Å²) in [4.78, 5) is 4.24. The van der Waals surface area contributed by atoms with Crippen molar-refractivity contribution < 1.29 is 10.2 Å². The fraction of sp³-hybridized carbons (Fsp3) is 0.0714. The minimum atomic E-state index is 0.121. The van der Waals surface area contributed by atoms with Gasteiger partial charge in [0.25, 0.3) is 0 Å². The van der Waals surface area contributed by atoms with Gasteiger partial charge in [0.1, 0.15) is 23.0 Å². The minimum Gasteiger partial charge on any atom is -0.506 e. The Balaban J connectivity index is 2.20. The number of benzene rings is 2. The van der Waals surface area contributed by atoms with E-state index in [1.807, 2.05) is 6.07 Å². The molecule has 0 aliphatic carbocycles. The summed E-state index contributed by atoms with van der Waals surface area (Å²) in [5.41, 5.74) is 1.06. The Morgan fingerprint density at radius 2 is 1.56 bits per heavy atom. The van der Waals surface area contributed by atoms with Gasteiger partial charge in [0.05, 0.1) is 5.69 Å². The number of hydrogen-bond donors (Lipinski definition) is 3. The highest BCUT2D eigenvalue weighted by Crippen LogP contribution is 2.26. The van der Waals surface area contributed by atoms with Gasteiger partial charge in [-0.05, 0) is 31.2 Å². The summed E-state index contributed by atoms with van der Waals surface area (Å²) < 4.78 is 0. The van der Waals surface area contributed by atoms with Gasteiger partial charge in [-0.3, -0.25) is 0 Å². The van der Waals surface area contributed by atoms with Crippen LogP contribution in [0.4, 0.5) is 11.4 Å². The van der Waals surface area contributed by atoms with Gasteiger partial charge in [-0.2, -0.15) is 0 Å². The quantitative estimate of drug-likeness (QED) is 0.430. The lowest BCUT2D eigenvalue weighted by molar-refractivity contribution is 0.477. The number of aromatic hydroxyl groups is 2. The molecule has 2 aromatic rings. The van der Waals surface area contributed by atoms with E-state index in [9.17, 15) is 10.2 Å². The van der Waals surface area contributed by atoms with Crippen LogP contribution in [0, 0.1) is 0 Å². The number of phenols is 2. The summed E-state index contributed by atoms with van der Waals surface area (Å²) >= 11 is 0. The van der Waals surface area contributed by atoms with E-state index in [4.69, 9.17) is 0 Å². The standard InChI is InChI=1S/C14H14N2O2/c1-10(15-11-6-2-4-8-13(11)17)16-12-7-3-5-9-14(12)18/h2-9,17-18H,1H3,(H,15,16). The number of para-hydroxylation sites is 4. The first-order valence-corrected chi connectivity index (χ1v) is 5.55. The van der Waals surface area contributed by atoms with Crippen molar-refractivity contribution >= 4 is 17.2 Å². The fourth-order valence-electron chi connectivity index (χ4n) is 1.54. The molecular weight excluding hydrogens is 228 g/mol. The Hall–Kier alpha value is -2.49. The molecule has 0 aliphatic rings. The number of rotatable bonds is 2. The molecule has 0 radical (unpaired) electrons. The topological polar surface area (TPSA) is 64.9 Å².